The van der Waals surface area contributed by atoms with Crippen LogP contribution in [0.25, 0.3) is 10.2 Å². The van der Waals surface area contributed by atoms with Crippen LogP contribution in [0.2, 0.25) is 4.34 Å². The summed E-state index contributed by atoms with van der Waals surface area (Å²) >= 11 is 7.68. The first kappa shape index (κ1) is 14.7. The number of hydrogen-bond donors (Lipinski definition) is 1. The molecule has 0 aromatic carbocycles. The number of halogens is 1. The maximum absolute atomic E-state index is 11.2. The van der Waals surface area contributed by atoms with Crippen molar-refractivity contribution < 1.29 is 9.90 Å². The van der Waals surface area contributed by atoms with E-state index in [1.54, 1.807) is 0 Å². The summed E-state index contributed by atoms with van der Waals surface area (Å²) in [5, 5.41) is 10.2. The summed E-state index contributed by atoms with van der Waals surface area (Å²) in [6, 6.07) is 2.39. The van der Waals surface area contributed by atoms with E-state index >= 15 is 0 Å². The Morgan fingerprint density at radius 3 is 2.83 bits per heavy atom. The second-order valence-corrected chi connectivity index (χ2v) is 8.92. The molecule has 1 aliphatic carbocycles. The van der Waals surface area contributed by atoms with Crippen LogP contribution in [0.15, 0.2) is 6.07 Å². The van der Waals surface area contributed by atoms with Gasteiger partial charge in [-0.3, -0.25) is 4.79 Å². The van der Waals surface area contributed by atoms with Gasteiger partial charge in [0.05, 0.1) is 15.6 Å². The van der Waals surface area contributed by atoms with Gasteiger partial charge >= 0.3 is 5.97 Å². The number of aliphatic carboxylic acids is 1. The zero-order valence-electron chi connectivity index (χ0n) is 13.2. The number of rotatable bonds is 3. The molecule has 8 heteroatoms. The van der Waals surface area contributed by atoms with Crippen LogP contribution < -0.4 is 9.80 Å². The fourth-order valence-corrected chi connectivity index (χ4v) is 5.04. The molecule has 126 valence electrons. The lowest BCUT2D eigenvalue weighted by atomic mass is 9.93. The topological polar surface area (TPSA) is 69.6 Å². The van der Waals surface area contributed by atoms with Gasteiger partial charge < -0.3 is 14.9 Å². The third-order valence-electron chi connectivity index (χ3n) is 5.71. The van der Waals surface area contributed by atoms with Crippen molar-refractivity contribution in [1.82, 2.24) is 9.97 Å². The van der Waals surface area contributed by atoms with Gasteiger partial charge in [0.1, 0.15) is 10.6 Å². The Labute approximate surface area is 148 Å². The SMILES string of the molecule is C[C@H]1CCN1c1nc(N2CC3(C[C@H]3C(=O)O)C2)c2cc(Cl)sc2n1. The molecule has 2 saturated heterocycles. The van der Waals surface area contributed by atoms with Gasteiger partial charge in [-0.25, -0.2) is 4.98 Å². The van der Waals surface area contributed by atoms with Gasteiger partial charge in [0.15, 0.2) is 0 Å². The molecule has 2 aromatic heterocycles. The van der Waals surface area contributed by atoms with E-state index in [1.165, 1.54) is 11.3 Å². The van der Waals surface area contributed by atoms with E-state index in [1.807, 2.05) is 6.07 Å². The standard InChI is InChI=1S/C16H17ClN4O2S/c1-8-2-3-21(8)15-18-12(9-4-11(17)24-13(9)19-15)20-6-16(7-20)5-10(16)14(22)23/h4,8,10H,2-3,5-7H2,1H3,(H,22,23)/t8-,10-/m0/s1. The number of nitrogens with zero attached hydrogens (tertiary/aromatic N) is 4. The van der Waals surface area contributed by atoms with E-state index in [9.17, 15) is 9.90 Å². The molecule has 5 rings (SSSR count). The molecule has 1 spiro atoms. The molecule has 2 aromatic rings. The van der Waals surface area contributed by atoms with Gasteiger partial charge in [-0.2, -0.15) is 4.98 Å². The monoisotopic (exact) mass is 364 g/mol. The number of carboxylic acid groups (broad SMARTS) is 1. The number of thiophene rings is 1. The maximum Gasteiger partial charge on any atom is 0.307 e. The van der Waals surface area contributed by atoms with Crippen molar-refractivity contribution in [2.45, 2.75) is 25.8 Å². The molecule has 0 unspecified atom stereocenters. The minimum atomic E-state index is -0.670. The van der Waals surface area contributed by atoms with Gasteiger partial charge in [0.2, 0.25) is 5.95 Å². The Kier molecular flexibility index (Phi) is 2.90. The van der Waals surface area contributed by atoms with Gasteiger partial charge in [0, 0.05) is 31.1 Å². The second kappa shape index (κ2) is 4.73. The molecule has 1 N–H and O–H groups in total. The molecule has 0 bridgehead atoms. The average Bonchev–Trinajstić information content (AvgIpc) is 3.13. The van der Waals surface area contributed by atoms with Gasteiger partial charge in [-0.05, 0) is 25.8 Å². The molecule has 6 nitrogen and oxygen atoms in total. The molecular formula is C16H17ClN4O2S. The number of hydrogen-bond acceptors (Lipinski definition) is 6. The summed E-state index contributed by atoms with van der Waals surface area (Å²) in [5.74, 6) is 0.809. The number of anilines is 2. The highest BCUT2D eigenvalue weighted by Gasteiger charge is 2.65. The van der Waals surface area contributed by atoms with E-state index in [4.69, 9.17) is 21.6 Å². The van der Waals surface area contributed by atoms with Gasteiger partial charge in [0.25, 0.3) is 0 Å². The first-order valence-electron chi connectivity index (χ1n) is 8.18. The molecular weight excluding hydrogens is 348 g/mol. The van der Waals surface area contributed by atoms with E-state index in [-0.39, 0.29) is 11.3 Å². The van der Waals surface area contributed by atoms with Crippen LogP contribution in [0.5, 0.6) is 0 Å². The lowest BCUT2D eigenvalue weighted by molar-refractivity contribution is -0.139. The largest absolute Gasteiger partial charge is 0.481 e. The van der Waals surface area contributed by atoms with Crippen LogP contribution in [0, 0.1) is 11.3 Å². The lowest BCUT2D eigenvalue weighted by Crippen LogP contribution is -2.51. The molecule has 4 heterocycles. The lowest BCUT2D eigenvalue weighted by Gasteiger charge is -2.43. The van der Waals surface area contributed by atoms with Crippen molar-refractivity contribution in [3.63, 3.8) is 0 Å². The molecule has 1 saturated carbocycles. The molecule has 24 heavy (non-hydrogen) atoms. The number of carbonyl (C=O) groups is 1. The van der Waals surface area contributed by atoms with E-state index in [0.717, 1.165) is 54.5 Å². The zero-order chi connectivity index (χ0) is 16.6. The van der Waals surface area contributed by atoms with Crippen molar-refractivity contribution in [3.05, 3.63) is 10.4 Å². The molecule has 0 radical (unpaired) electrons. The highest BCUT2D eigenvalue weighted by Crippen LogP contribution is 2.59. The Balaban J connectivity index is 1.50. The number of fused-ring (bicyclic) bond motifs is 1. The number of aromatic nitrogens is 2. The highest BCUT2D eigenvalue weighted by atomic mass is 35.5. The van der Waals surface area contributed by atoms with Crippen LogP contribution in [-0.2, 0) is 4.79 Å². The highest BCUT2D eigenvalue weighted by molar-refractivity contribution is 7.22. The quantitative estimate of drug-likeness (QED) is 0.903. The van der Waals surface area contributed by atoms with Crippen LogP contribution in [0.1, 0.15) is 19.8 Å². The normalized spacial score (nSPS) is 27.2. The molecule has 3 fully saturated rings. The molecule has 2 aliphatic heterocycles. The first-order valence-corrected chi connectivity index (χ1v) is 9.38. The molecule has 3 aliphatic rings. The minimum Gasteiger partial charge on any atom is -0.481 e. The summed E-state index contributed by atoms with van der Waals surface area (Å²) in [7, 11) is 0. The average molecular weight is 365 g/mol. The molecule has 2 atom stereocenters. The summed E-state index contributed by atoms with van der Waals surface area (Å²) in [5.41, 5.74) is -0.0346. The van der Waals surface area contributed by atoms with E-state index < -0.39 is 5.97 Å². The van der Waals surface area contributed by atoms with Crippen molar-refractivity contribution >= 4 is 50.9 Å². The van der Waals surface area contributed by atoms with Gasteiger partial charge in [-0.15, -0.1) is 11.3 Å². The fourth-order valence-electron chi connectivity index (χ4n) is 3.96. The Morgan fingerprint density at radius 2 is 2.25 bits per heavy atom. The summed E-state index contributed by atoms with van der Waals surface area (Å²) in [6.07, 6.45) is 1.95. The predicted octanol–water partition coefficient (Wildman–Crippen LogP) is 2.85. The van der Waals surface area contributed by atoms with Crippen LogP contribution in [0.4, 0.5) is 11.8 Å². The Morgan fingerprint density at radius 1 is 1.46 bits per heavy atom. The van der Waals surface area contributed by atoms with Crippen molar-refractivity contribution in [1.29, 1.82) is 0 Å². The predicted molar refractivity (Wildman–Crippen MR) is 94.2 cm³/mol. The minimum absolute atomic E-state index is 0.0346. The summed E-state index contributed by atoms with van der Waals surface area (Å²) in [4.78, 5) is 26.0. The zero-order valence-corrected chi connectivity index (χ0v) is 14.8. The smallest absolute Gasteiger partial charge is 0.307 e. The third kappa shape index (κ3) is 1.97. The van der Waals surface area contributed by atoms with Crippen molar-refractivity contribution in [2.24, 2.45) is 11.3 Å². The Hall–Kier alpha value is -1.60. The van der Waals surface area contributed by atoms with E-state index in [2.05, 4.69) is 16.7 Å². The van der Waals surface area contributed by atoms with E-state index in [0.29, 0.717) is 10.4 Å². The fraction of sp³-hybridized carbons (Fsp3) is 0.562. The van der Waals surface area contributed by atoms with Gasteiger partial charge in [-0.1, -0.05) is 11.6 Å². The number of carboxylic acids is 1. The van der Waals surface area contributed by atoms with Crippen molar-refractivity contribution in [3.8, 4) is 0 Å². The third-order valence-corrected chi connectivity index (χ3v) is 6.86. The van der Waals surface area contributed by atoms with Crippen LogP contribution in [-0.4, -0.2) is 46.7 Å². The van der Waals surface area contributed by atoms with Crippen LogP contribution >= 0.6 is 22.9 Å². The summed E-state index contributed by atoms with van der Waals surface area (Å²) < 4.78 is 0.708. The van der Waals surface area contributed by atoms with Crippen molar-refractivity contribution in [2.75, 3.05) is 29.4 Å². The first-order chi connectivity index (χ1) is 11.5. The summed E-state index contributed by atoms with van der Waals surface area (Å²) in [6.45, 7) is 4.69. The second-order valence-electron chi connectivity index (χ2n) is 7.26. The maximum atomic E-state index is 11.2. The Bertz CT molecular complexity index is 863. The van der Waals surface area contributed by atoms with Crippen LogP contribution in [0.3, 0.4) is 0 Å². The molecule has 0 amide bonds.